The van der Waals surface area contributed by atoms with E-state index in [-0.39, 0.29) is 18.8 Å². The number of hydrogen-bond acceptors (Lipinski definition) is 9. The monoisotopic (exact) mass is 642 g/mol. The molecule has 2 amide bonds. The normalized spacial score (nSPS) is 15.3. The van der Waals surface area contributed by atoms with Gasteiger partial charge in [0.2, 0.25) is 0 Å². The summed E-state index contributed by atoms with van der Waals surface area (Å²) < 4.78 is 22.4. The number of aliphatic hydroxyl groups excluding tert-OH is 1. The van der Waals surface area contributed by atoms with Crippen LogP contribution in [0.5, 0.6) is 17.2 Å². The van der Waals surface area contributed by atoms with Crippen molar-refractivity contribution in [3.8, 4) is 17.2 Å². The van der Waals surface area contributed by atoms with Crippen molar-refractivity contribution in [2.45, 2.75) is 32.7 Å². The highest BCUT2D eigenvalue weighted by Gasteiger charge is 2.32. The van der Waals surface area contributed by atoms with Gasteiger partial charge in [0.15, 0.2) is 17.7 Å². The number of hydrazone groups is 1. The van der Waals surface area contributed by atoms with Crippen molar-refractivity contribution >= 4 is 41.4 Å². The lowest BCUT2D eigenvalue weighted by Crippen LogP contribution is -2.45. The van der Waals surface area contributed by atoms with Gasteiger partial charge in [-0.05, 0) is 49.2 Å². The number of rotatable bonds is 13. The van der Waals surface area contributed by atoms with Gasteiger partial charge in [0.25, 0.3) is 0 Å². The van der Waals surface area contributed by atoms with Crippen molar-refractivity contribution in [1.29, 1.82) is 0 Å². The third-order valence-corrected chi connectivity index (χ3v) is 6.86. The zero-order valence-corrected chi connectivity index (χ0v) is 25.7. The van der Waals surface area contributed by atoms with Crippen LogP contribution in [0.15, 0.2) is 77.0 Å². The second-order valence-corrected chi connectivity index (χ2v) is 10.3. The SMILES string of the molecule is CCOc1cc([C@H]2NC(=O)NC(C)=C2C(=O)OC)ccc1OC[C@@H](O)N/N=C/c1cc(Cl)cc(Cl)c1OCc1ccccc1. The molecule has 0 fully saturated rings. The second kappa shape index (κ2) is 15.3. The Hall–Kier alpha value is -4.45. The molecule has 0 spiro atoms. The predicted molar refractivity (Wildman–Crippen MR) is 166 cm³/mol. The number of nitrogens with zero attached hydrogens (tertiary/aromatic N) is 1. The van der Waals surface area contributed by atoms with E-state index in [9.17, 15) is 14.7 Å². The van der Waals surface area contributed by atoms with E-state index in [1.165, 1.54) is 13.3 Å². The average Bonchev–Trinajstić information content (AvgIpc) is 3.00. The average molecular weight is 644 g/mol. The molecule has 0 unspecified atom stereocenters. The summed E-state index contributed by atoms with van der Waals surface area (Å²) in [4.78, 5) is 24.6. The van der Waals surface area contributed by atoms with E-state index >= 15 is 0 Å². The molecule has 11 nitrogen and oxygen atoms in total. The molecule has 44 heavy (non-hydrogen) atoms. The number of amides is 2. The van der Waals surface area contributed by atoms with Crippen LogP contribution >= 0.6 is 23.2 Å². The highest BCUT2D eigenvalue weighted by atomic mass is 35.5. The number of halogens is 2. The number of nitrogens with one attached hydrogen (secondary N) is 3. The lowest BCUT2D eigenvalue weighted by Gasteiger charge is -2.28. The van der Waals surface area contributed by atoms with Gasteiger partial charge in [0.05, 0.1) is 36.6 Å². The Morgan fingerprint density at radius 1 is 1.09 bits per heavy atom. The molecule has 1 aliphatic heterocycles. The van der Waals surface area contributed by atoms with E-state index in [2.05, 4.69) is 21.2 Å². The maximum absolute atomic E-state index is 12.4. The van der Waals surface area contributed by atoms with Crippen molar-refractivity contribution < 1.29 is 33.6 Å². The fourth-order valence-corrected chi connectivity index (χ4v) is 4.94. The summed E-state index contributed by atoms with van der Waals surface area (Å²) in [5.74, 6) is 0.495. The number of urea groups is 1. The molecule has 0 saturated carbocycles. The molecular weight excluding hydrogens is 611 g/mol. The lowest BCUT2D eigenvalue weighted by molar-refractivity contribution is -0.136. The molecule has 3 aromatic carbocycles. The van der Waals surface area contributed by atoms with Gasteiger partial charge in [-0.3, -0.25) is 5.43 Å². The molecule has 4 N–H and O–H groups in total. The molecule has 0 saturated heterocycles. The first-order valence-corrected chi connectivity index (χ1v) is 14.3. The van der Waals surface area contributed by atoms with Crippen LogP contribution in [0.4, 0.5) is 4.79 Å². The summed E-state index contributed by atoms with van der Waals surface area (Å²) in [6.07, 6.45) is 0.229. The number of ether oxygens (including phenoxy) is 4. The molecule has 0 bridgehead atoms. The first-order valence-electron chi connectivity index (χ1n) is 13.6. The maximum Gasteiger partial charge on any atom is 0.337 e. The smallest absolute Gasteiger partial charge is 0.337 e. The van der Waals surface area contributed by atoms with E-state index in [1.807, 2.05) is 30.3 Å². The molecule has 3 aromatic rings. The third kappa shape index (κ3) is 8.34. The quantitative estimate of drug-likeness (QED) is 0.0875. The van der Waals surface area contributed by atoms with E-state index in [0.29, 0.717) is 50.7 Å². The van der Waals surface area contributed by atoms with Crippen molar-refractivity contribution in [1.82, 2.24) is 16.1 Å². The number of methoxy groups -OCH3 is 1. The predicted octanol–water partition coefficient (Wildman–Crippen LogP) is 5.09. The van der Waals surface area contributed by atoms with Crippen LogP contribution in [0.2, 0.25) is 10.0 Å². The standard InChI is InChI=1S/C31H32Cl2N4O7/c1-4-42-25-13-20(28-27(30(39)41-3)18(2)35-31(40)36-28)10-11-24(25)43-17-26(38)37-34-15-21-12-22(32)14-23(33)29(21)44-16-19-8-6-5-7-9-19/h5-15,26,28,37-38H,4,16-17H2,1-3H3,(H2,35,36,40)/b34-15+/t26-,28-/m1/s1. The van der Waals surface area contributed by atoms with Crippen LogP contribution in [0.25, 0.3) is 0 Å². The lowest BCUT2D eigenvalue weighted by atomic mass is 9.95. The molecule has 0 aromatic heterocycles. The Labute approximate surface area is 264 Å². The molecule has 1 aliphatic rings. The minimum Gasteiger partial charge on any atom is -0.490 e. The zero-order chi connectivity index (χ0) is 31.6. The Morgan fingerprint density at radius 3 is 2.59 bits per heavy atom. The minimum atomic E-state index is -1.20. The molecule has 0 aliphatic carbocycles. The van der Waals surface area contributed by atoms with Crippen LogP contribution < -0.4 is 30.3 Å². The van der Waals surface area contributed by atoms with E-state index in [1.54, 1.807) is 44.2 Å². The van der Waals surface area contributed by atoms with Crippen molar-refractivity contribution in [3.05, 3.63) is 98.7 Å². The van der Waals surface area contributed by atoms with Crippen LogP contribution in [-0.4, -0.2) is 49.9 Å². The molecule has 232 valence electrons. The number of allylic oxidation sites excluding steroid dienone is 1. The molecule has 13 heteroatoms. The Bertz CT molecular complexity index is 1550. The number of carbonyl (C=O) groups excluding carboxylic acids is 2. The number of esters is 1. The van der Waals surface area contributed by atoms with Gasteiger partial charge in [-0.25, -0.2) is 9.59 Å². The van der Waals surface area contributed by atoms with Gasteiger partial charge in [0, 0.05) is 16.3 Å². The number of hydrogen-bond donors (Lipinski definition) is 4. The zero-order valence-electron chi connectivity index (χ0n) is 24.2. The van der Waals surface area contributed by atoms with Gasteiger partial charge in [0.1, 0.15) is 19.0 Å². The number of aliphatic hydroxyl groups is 1. The molecular formula is C31H32Cl2N4O7. The van der Waals surface area contributed by atoms with Crippen LogP contribution in [-0.2, 0) is 16.1 Å². The minimum absolute atomic E-state index is 0.194. The van der Waals surface area contributed by atoms with Gasteiger partial charge in [-0.2, -0.15) is 5.10 Å². The Morgan fingerprint density at radius 2 is 1.86 bits per heavy atom. The number of carbonyl (C=O) groups is 2. The van der Waals surface area contributed by atoms with Gasteiger partial charge < -0.3 is 34.7 Å². The van der Waals surface area contributed by atoms with Crippen molar-refractivity contribution in [2.24, 2.45) is 5.10 Å². The maximum atomic E-state index is 12.4. The van der Waals surface area contributed by atoms with E-state index in [0.717, 1.165) is 5.56 Å². The third-order valence-electron chi connectivity index (χ3n) is 6.36. The van der Waals surface area contributed by atoms with E-state index < -0.39 is 24.3 Å². The highest BCUT2D eigenvalue weighted by molar-refractivity contribution is 6.36. The summed E-state index contributed by atoms with van der Waals surface area (Å²) in [5, 5.41) is 20.6. The Balaban J connectivity index is 1.42. The first kappa shape index (κ1) is 32.5. The fraction of sp³-hybridized carbons (Fsp3) is 0.258. The Kier molecular flexibility index (Phi) is 11.3. The topological polar surface area (TPSA) is 140 Å². The number of benzene rings is 3. The molecule has 4 rings (SSSR count). The largest absolute Gasteiger partial charge is 0.490 e. The molecule has 0 radical (unpaired) electrons. The summed E-state index contributed by atoms with van der Waals surface area (Å²) in [5.41, 5.74) is 5.28. The molecule has 2 atom stereocenters. The second-order valence-electron chi connectivity index (χ2n) is 9.50. The van der Waals surface area contributed by atoms with Crippen molar-refractivity contribution in [2.75, 3.05) is 20.3 Å². The van der Waals surface area contributed by atoms with E-state index in [4.69, 9.17) is 42.1 Å². The van der Waals surface area contributed by atoms with Crippen LogP contribution in [0, 0.1) is 0 Å². The first-order chi connectivity index (χ1) is 21.2. The van der Waals surface area contributed by atoms with Gasteiger partial charge in [-0.1, -0.05) is 59.6 Å². The van der Waals surface area contributed by atoms with Crippen LogP contribution in [0.1, 0.15) is 36.6 Å². The van der Waals surface area contributed by atoms with Gasteiger partial charge >= 0.3 is 12.0 Å². The summed E-state index contributed by atoms with van der Waals surface area (Å²) in [6, 6.07) is 16.6. The van der Waals surface area contributed by atoms with Crippen LogP contribution in [0.3, 0.4) is 0 Å². The summed E-state index contributed by atoms with van der Waals surface area (Å²) in [6.45, 7) is 3.84. The summed E-state index contributed by atoms with van der Waals surface area (Å²) in [7, 11) is 1.27. The summed E-state index contributed by atoms with van der Waals surface area (Å²) >= 11 is 12.6. The fourth-order valence-electron chi connectivity index (χ4n) is 4.37. The molecule has 1 heterocycles. The van der Waals surface area contributed by atoms with Gasteiger partial charge in [-0.15, -0.1) is 0 Å². The van der Waals surface area contributed by atoms with Crippen molar-refractivity contribution in [3.63, 3.8) is 0 Å². The highest BCUT2D eigenvalue weighted by Crippen LogP contribution is 2.35.